The highest BCUT2D eigenvalue weighted by molar-refractivity contribution is 6.01. The van der Waals surface area contributed by atoms with Crippen LogP contribution in [0.3, 0.4) is 0 Å². The van der Waals surface area contributed by atoms with Gasteiger partial charge in [0.25, 0.3) is 0 Å². The molecule has 2 aliphatic rings. The van der Waals surface area contributed by atoms with Crippen LogP contribution in [0.15, 0.2) is 36.4 Å². The Labute approximate surface area is 197 Å². The fourth-order valence-corrected chi connectivity index (χ4v) is 5.20. The van der Waals surface area contributed by atoms with Crippen molar-refractivity contribution in [3.05, 3.63) is 58.7 Å². The van der Waals surface area contributed by atoms with E-state index in [0.717, 1.165) is 81.7 Å². The number of carbonyl (C=O) groups excluding carboxylic acids is 2. The highest BCUT2D eigenvalue weighted by atomic mass is 16.5. The number of para-hydroxylation sites is 1. The zero-order valence-corrected chi connectivity index (χ0v) is 20.1. The van der Waals surface area contributed by atoms with Crippen molar-refractivity contribution in [2.75, 3.05) is 38.2 Å². The van der Waals surface area contributed by atoms with Crippen molar-refractivity contribution < 1.29 is 14.3 Å². The molecule has 0 fully saturated rings. The van der Waals surface area contributed by atoms with Crippen LogP contribution >= 0.6 is 0 Å². The molecule has 33 heavy (non-hydrogen) atoms. The summed E-state index contributed by atoms with van der Waals surface area (Å²) in [6.45, 7) is 6.02. The van der Waals surface area contributed by atoms with Crippen LogP contribution in [0, 0.1) is 0 Å². The Bertz CT molecular complexity index is 983. The monoisotopic (exact) mass is 448 g/mol. The summed E-state index contributed by atoms with van der Waals surface area (Å²) in [7, 11) is 1.72. The molecule has 0 saturated heterocycles. The van der Waals surface area contributed by atoms with Crippen LogP contribution in [0.25, 0.3) is 0 Å². The first-order valence-corrected chi connectivity index (χ1v) is 12.4. The number of methoxy groups -OCH3 is 1. The van der Waals surface area contributed by atoms with Gasteiger partial charge >= 0.3 is 0 Å². The molecule has 0 radical (unpaired) electrons. The standard InChI is InChI=1S/C28H36N2O3/c1-3-29(18-15-21-9-4-5-12-26(21)33-2)16-7-6-11-25(31)24-19-22-10-8-17-30-27(32)14-13-23(20-24)28(22)30/h4-5,9,12,19-20H,3,6-8,10-11,13-18H2,1-2H3. The van der Waals surface area contributed by atoms with Crippen LogP contribution in [0.5, 0.6) is 5.75 Å². The lowest BCUT2D eigenvalue weighted by Crippen LogP contribution is -2.39. The second-order valence-corrected chi connectivity index (χ2v) is 9.17. The molecule has 1 amide bonds. The zero-order valence-electron chi connectivity index (χ0n) is 20.1. The fourth-order valence-electron chi connectivity index (χ4n) is 5.20. The number of aryl methyl sites for hydroxylation is 2. The number of benzene rings is 2. The Balaban J connectivity index is 1.27. The number of rotatable bonds is 11. The normalized spacial score (nSPS) is 15.0. The molecule has 0 atom stereocenters. The van der Waals surface area contributed by atoms with Crippen LogP contribution in [-0.2, 0) is 24.1 Å². The summed E-state index contributed by atoms with van der Waals surface area (Å²) in [6, 6.07) is 12.3. The topological polar surface area (TPSA) is 49.9 Å². The van der Waals surface area contributed by atoms with Gasteiger partial charge in [-0.3, -0.25) is 9.59 Å². The van der Waals surface area contributed by atoms with Crippen molar-refractivity contribution >= 4 is 17.4 Å². The zero-order chi connectivity index (χ0) is 23.2. The number of likely N-dealkylation sites (N-methyl/N-ethyl adjacent to an activating group) is 1. The van der Waals surface area contributed by atoms with Gasteiger partial charge in [-0.05, 0) is 86.5 Å². The van der Waals surface area contributed by atoms with E-state index in [4.69, 9.17) is 4.74 Å². The number of hydrogen-bond donors (Lipinski definition) is 0. The molecule has 2 heterocycles. The number of carbonyl (C=O) groups is 2. The highest BCUT2D eigenvalue weighted by Gasteiger charge is 2.30. The van der Waals surface area contributed by atoms with Gasteiger partial charge < -0.3 is 14.5 Å². The van der Waals surface area contributed by atoms with Gasteiger partial charge in [-0.2, -0.15) is 0 Å². The molecule has 0 aromatic heterocycles. The molecule has 5 heteroatoms. The maximum absolute atomic E-state index is 12.9. The predicted molar refractivity (Wildman–Crippen MR) is 132 cm³/mol. The second-order valence-electron chi connectivity index (χ2n) is 9.17. The Morgan fingerprint density at radius 1 is 1.06 bits per heavy atom. The highest BCUT2D eigenvalue weighted by Crippen LogP contribution is 2.36. The molecule has 0 unspecified atom stereocenters. The Morgan fingerprint density at radius 2 is 1.85 bits per heavy atom. The number of ketones is 1. The third kappa shape index (κ3) is 5.47. The summed E-state index contributed by atoms with van der Waals surface area (Å²) < 4.78 is 5.47. The number of amides is 1. The van der Waals surface area contributed by atoms with Gasteiger partial charge in [0.2, 0.25) is 5.91 Å². The molecule has 2 aliphatic heterocycles. The van der Waals surface area contributed by atoms with Gasteiger partial charge in [0.15, 0.2) is 5.78 Å². The molecular formula is C28H36N2O3. The summed E-state index contributed by atoms with van der Waals surface area (Å²) in [5.41, 5.74) is 5.55. The van der Waals surface area contributed by atoms with Gasteiger partial charge in [0.1, 0.15) is 5.75 Å². The predicted octanol–water partition coefficient (Wildman–Crippen LogP) is 4.84. The van der Waals surface area contributed by atoms with E-state index in [-0.39, 0.29) is 11.7 Å². The Morgan fingerprint density at radius 3 is 2.64 bits per heavy atom. The summed E-state index contributed by atoms with van der Waals surface area (Å²) in [4.78, 5) is 29.6. The van der Waals surface area contributed by atoms with E-state index in [9.17, 15) is 9.59 Å². The van der Waals surface area contributed by atoms with E-state index in [1.807, 2.05) is 17.0 Å². The first-order valence-electron chi connectivity index (χ1n) is 12.4. The summed E-state index contributed by atoms with van der Waals surface area (Å²) in [5, 5.41) is 0. The van der Waals surface area contributed by atoms with Crippen LogP contribution < -0.4 is 9.64 Å². The minimum Gasteiger partial charge on any atom is -0.496 e. The molecule has 2 aromatic rings. The molecule has 5 nitrogen and oxygen atoms in total. The van der Waals surface area contributed by atoms with Crippen LogP contribution in [-0.4, -0.2) is 49.9 Å². The Kier molecular flexibility index (Phi) is 7.81. The van der Waals surface area contributed by atoms with Crippen molar-refractivity contribution in [2.24, 2.45) is 0 Å². The second kappa shape index (κ2) is 11.0. The molecular weight excluding hydrogens is 412 g/mol. The number of unbranched alkanes of at least 4 members (excludes halogenated alkanes) is 1. The van der Waals surface area contributed by atoms with Crippen LogP contribution in [0.4, 0.5) is 5.69 Å². The van der Waals surface area contributed by atoms with Crippen molar-refractivity contribution in [2.45, 2.75) is 58.3 Å². The maximum atomic E-state index is 12.9. The van der Waals surface area contributed by atoms with E-state index in [2.05, 4.69) is 36.1 Å². The van der Waals surface area contributed by atoms with Gasteiger partial charge in [0.05, 0.1) is 12.8 Å². The molecule has 4 rings (SSSR count). The number of ether oxygens (including phenoxy) is 1. The number of anilines is 1. The SMILES string of the molecule is CCN(CCCCC(=O)c1cc2c3c(c1)CCC(=O)N3CCC2)CCc1ccccc1OC. The van der Waals surface area contributed by atoms with Gasteiger partial charge in [-0.25, -0.2) is 0 Å². The minimum atomic E-state index is 0.230. The molecule has 0 aliphatic carbocycles. The lowest BCUT2D eigenvalue weighted by Gasteiger charge is -2.35. The van der Waals surface area contributed by atoms with E-state index in [1.165, 1.54) is 16.7 Å². The molecule has 0 spiro atoms. The van der Waals surface area contributed by atoms with Crippen molar-refractivity contribution in [3.63, 3.8) is 0 Å². The number of hydrogen-bond acceptors (Lipinski definition) is 4. The first kappa shape index (κ1) is 23.5. The first-order chi connectivity index (χ1) is 16.1. The number of Topliss-reactive ketones (excluding diaryl/α,β-unsaturated/α-hetero) is 1. The molecule has 2 aromatic carbocycles. The van der Waals surface area contributed by atoms with E-state index in [1.54, 1.807) is 7.11 Å². The van der Waals surface area contributed by atoms with Gasteiger partial charge in [0, 0.05) is 31.5 Å². The lowest BCUT2D eigenvalue weighted by molar-refractivity contribution is -0.119. The van der Waals surface area contributed by atoms with E-state index < -0.39 is 0 Å². The summed E-state index contributed by atoms with van der Waals surface area (Å²) in [5.74, 6) is 1.42. The quantitative estimate of drug-likeness (QED) is 0.365. The molecule has 0 N–H and O–H groups in total. The smallest absolute Gasteiger partial charge is 0.227 e. The molecule has 176 valence electrons. The maximum Gasteiger partial charge on any atom is 0.227 e. The Hall–Kier alpha value is -2.66. The van der Waals surface area contributed by atoms with Gasteiger partial charge in [-0.15, -0.1) is 0 Å². The average Bonchev–Trinajstić information content (AvgIpc) is 2.85. The summed E-state index contributed by atoms with van der Waals surface area (Å²) >= 11 is 0. The third-order valence-corrected chi connectivity index (χ3v) is 7.06. The molecule has 0 bridgehead atoms. The van der Waals surface area contributed by atoms with Gasteiger partial charge in [-0.1, -0.05) is 25.1 Å². The van der Waals surface area contributed by atoms with Crippen molar-refractivity contribution in [3.8, 4) is 5.75 Å². The van der Waals surface area contributed by atoms with Crippen LogP contribution in [0.2, 0.25) is 0 Å². The fraction of sp³-hybridized carbons (Fsp3) is 0.500. The number of nitrogens with zero attached hydrogens (tertiary/aromatic N) is 2. The van der Waals surface area contributed by atoms with Crippen molar-refractivity contribution in [1.29, 1.82) is 0 Å². The minimum absolute atomic E-state index is 0.230. The molecule has 0 saturated carbocycles. The van der Waals surface area contributed by atoms with Crippen molar-refractivity contribution in [1.82, 2.24) is 4.90 Å². The van der Waals surface area contributed by atoms with E-state index >= 15 is 0 Å². The third-order valence-electron chi connectivity index (χ3n) is 7.06. The average molecular weight is 449 g/mol. The van der Waals surface area contributed by atoms with Crippen LogP contribution in [0.1, 0.15) is 66.1 Å². The lowest BCUT2D eigenvalue weighted by atomic mass is 9.88. The largest absolute Gasteiger partial charge is 0.496 e. The summed E-state index contributed by atoms with van der Waals surface area (Å²) in [6.07, 6.45) is 6.75. The van der Waals surface area contributed by atoms with E-state index in [0.29, 0.717) is 12.8 Å².